The van der Waals surface area contributed by atoms with Crippen molar-refractivity contribution in [2.24, 2.45) is 0 Å². The third kappa shape index (κ3) is 3.12. The number of hydrogen-bond donors (Lipinski definition) is 1. The van der Waals surface area contributed by atoms with Crippen LogP contribution in [0.3, 0.4) is 0 Å². The van der Waals surface area contributed by atoms with Crippen molar-refractivity contribution in [3.05, 3.63) is 59.2 Å². The number of benzene rings is 2. The molecule has 1 aliphatic rings. The van der Waals surface area contributed by atoms with Gasteiger partial charge in [-0.25, -0.2) is 8.42 Å². The van der Waals surface area contributed by atoms with Gasteiger partial charge in [0.05, 0.1) is 24.7 Å². The molecule has 6 heteroatoms. The zero-order chi connectivity index (χ0) is 17.3. The highest BCUT2D eigenvalue weighted by molar-refractivity contribution is 7.92. The van der Waals surface area contributed by atoms with E-state index >= 15 is 0 Å². The van der Waals surface area contributed by atoms with Gasteiger partial charge in [-0.3, -0.25) is 4.31 Å². The number of nitrogens with zero attached hydrogens (tertiary/aromatic N) is 1. The predicted molar refractivity (Wildman–Crippen MR) is 93.7 cm³/mol. The molecule has 0 spiro atoms. The van der Waals surface area contributed by atoms with Gasteiger partial charge in [0.15, 0.2) is 0 Å². The maximum absolute atomic E-state index is 12.9. The van der Waals surface area contributed by atoms with E-state index in [9.17, 15) is 13.5 Å². The zero-order valence-corrected chi connectivity index (χ0v) is 14.6. The highest BCUT2D eigenvalue weighted by Crippen LogP contribution is 2.38. The maximum atomic E-state index is 12.9. The third-order valence-corrected chi connectivity index (χ3v) is 6.13. The number of hydrogen-bond acceptors (Lipinski definition) is 4. The smallest absolute Gasteiger partial charge is 0.239 e. The average molecular weight is 347 g/mol. The summed E-state index contributed by atoms with van der Waals surface area (Å²) >= 11 is 0. The number of anilines is 1. The topological polar surface area (TPSA) is 66.8 Å². The van der Waals surface area contributed by atoms with Crippen LogP contribution in [0, 0.1) is 6.92 Å². The van der Waals surface area contributed by atoms with Crippen LogP contribution in [0.15, 0.2) is 42.5 Å². The van der Waals surface area contributed by atoms with Crippen molar-refractivity contribution in [2.75, 3.05) is 18.0 Å². The fraction of sp³-hybridized carbons (Fsp3) is 0.333. The number of sulfonamides is 1. The number of aliphatic hydroxyl groups is 1. The lowest BCUT2D eigenvalue weighted by atomic mass is 10.0. The van der Waals surface area contributed by atoms with Crippen LogP contribution < -0.4 is 9.04 Å². The summed E-state index contributed by atoms with van der Waals surface area (Å²) < 4.78 is 32.5. The predicted octanol–water partition coefficient (Wildman–Crippen LogP) is 2.78. The maximum Gasteiger partial charge on any atom is 0.239 e. The second kappa shape index (κ2) is 6.45. The van der Waals surface area contributed by atoms with Gasteiger partial charge in [-0.1, -0.05) is 24.3 Å². The van der Waals surface area contributed by atoms with Crippen LogP contribution in [0.5, 0.6) is 5.75 Å². The van der Waals surface area contributed by atoms with E-state index in [0.717, 1.165) is 11.1 Å². The van der Waals surface area contributed by atoms with Crippen LogP contribution in [0.1, 0.15) is 29.2 Å². The van der Waals surface area contributed by atoms with Crippen LogP contribution in [0.4, 0.5) is 5.69 Å². The number of fused-ring (bicyclic) bond motifs is 1. The van der Waals surface area contributed by atoms with E-state index < -0.39 is 16.1 Å². The van der Waals surface area contributed by atoms with E-state index in [0.29, 0.717) is 23.4 Å². The first-order chi connectivity index (χ1) is 11.4. The number of rotatable bonds is 4. The Kier molecular flexibility index (Phi) is 4.51. The number of ether oxygens (including phenoxy) is 1. The van der Waals surface area contributed by atoms with Gasteiger partial charge in [0.1, 0.15) is 5.75 Å². The van der Waals surface area contributed by atoms with Crippen molar-refractivity contribution in [2.45, 2.75) is 25.2 Å². The molecule has 0 bridgehead atoms. The summed E-state index contributed by atoms with van der Waals surface area (Å²) in [5, 5.41) is 10.2. The van der Waals surface area contributed by atoms with Crippen LogP contribution in [-0.2, 0) is 15.8 Å². The van der Waals surface area contributed by atoms with Crippen LogP contribution in [0.2, 0.25) is 0 Å². The second-order valence-corrected chi connectivity index (χ2v) is 7.88. The van der Waals surface area contributed by atoms with Gasteiger partial charge in [0.2, 0.25) is 10.0 Å². The van der Waals surface area contributed by atoms with Gasteiger partial charge in [-0.2, -0.15) is 0 Å². The van der Waals surface area contributed by atoms with Gasteiger partial charge < -0.3 is 9.84 Å². The minimum Gasteiger partial charge on any atom is -0.497 e. The van der Waals surface area contributed by atoms with E-state index in [4.69, 9.17) is 4.74 Å². The van der Waals surface area contributed by atoms with Crippen molar-refractivity contribution in [3.8, 4) is 5.75 Å². The summed E-state index contributed by atoms with van der Waals surface area (Å²) in [6.07, 6.45) is -0.312. The lowest BCUT2D eigenvalue weighted by Crippen LogP contribution is -2.37. The normalized spacial score (nSPS) is 17.5. The minimum absolute atomic E-state index is 0.0543. The van der Waals surface area contributed by atoms with Gasteiger partial charge >= 0.3 is 0 Å². The summed E-state index contributed by atoms with van der Waals surface area (Å²) in [4.78, 5) is 0. The Hall–Kier alpha value is -2.05. The monoisotopic (exact) mass is 347 g/mol. The SMILES string of the molecule is COc1ccc2c(c1)C(O)CCN2S(=O)(=O)Cc1ccccc1C. The highest BCUT2D eigenvalue weighted by atomic mass is 32.2. The van der Waals surface area contributed by atoms with Crippen molar-refractivity contribution < 1.29 is 18.3 Å². The molecule has 0 saturated carbocycles. The van der Waals surface area contributed by atoms with E-state index in [2.05, 4.69) is 0 Å². The molecule has 1 N–H and O–H groups in total. The highest BCUT2D eigenvalue weighted by Gasteiger charge is 2.31. The molecule has 5 nitrogen and oxygen atoms in total. The Bertz CT molecular complexity index is 848. The largest absolute Gasteiger partial charge is 0.497 e. The standard InChI is InChI=1S/C18H21NO4S/c1-13-5-3-4-6-14(13)12-24(21,22)19-10-9-18(20)16-11-15(23-2)7-8-17(16)19/h3-8,11,18,20H,9-10,12H2,1-2H3. The van der Waals surface area contributed by atoms with Crippen molar-refractivity contribution >= 4 is 15.7 Å². The fourth-order valence-electron chi connectivity index (χ4n) is 3.00. The first-order valence-electron chi connectivity index (χ1n) is 7.83. The first-order valence-corrected chi connectivity index (χ1v) is 9.44. The van der Waals surface area contributed by atoms with Crippen LogP contribution >= 0.6 is 0 Å². The quantitative estimate of drug-likeness (QED) is 0.923. The Morgan fingerprint density at radius 3 is 2.71 bits per heavy atom. The molecule has 0 radical (unpaired) electrons. The molecule has 0 amide bonds. The molecule has 1 aliphatic heterocycles. The van der Waals surface area contributed by atoms with E-state index in [1.165, 1.54) is 4.31 Å². The zero-order valence-electron chi connectivity index (χ0n) is 13.8. The molecule has 128 valence electrons. The van der Waals surface area contributed by atoms with Crippen molar-refractivity contribution in [1.82, 2.24) is 0 Å². The summed E-state index contributed by atoms with van der Waals surface area (Å²) in [5.41, 5.74) is 2.86. The summed E-state index contributed by atoms with van der Waals surface area (Å²) in [6.45, 7) is 2.18. The number of aliphatic hydroxyl groups excluding tert-OH is 1. The Morgan fingerprint density at radius 2 is 2.00 bits per heavy atom. The lowest BCUT2D eigenvalue weighted by molar-refractivity contribution is 0.166. The van der Waals surface area contributed by atoms with E-state index in [-0.39, 0.29) is 12.3 Å². The molecule has 24 heavy (non-hydrogen) atoms. The molecule has 0 saturated heterocycles. The van der Waals surface area contributed by atoms with Crippen LogP contribution in [-0.4, -0.2) is 27.2 Å². The van der Waals surface area contributed by atoms with Crippen LogP contribution in [0.25, 0.3) is 0 Å². The molecular formula is C18H21NO4S. The summed E-state index contributed by atoms with van der Waals surface area (Å²) in [6, 6.07) is 12.6. The van der Waals surface area contributed by atoms with E-state index in [1.54, 1.807) is 25.3 Å². The number of methoxy groups -OCH3 is 1. The molecule has 2 aromatic carbocycles. The number of aryl methyl sites for hydroxylation is 1. The summed E-state index contributed by atoms with van der Waals surface area (Å²) in [7, 11) is -1.99. The Balaban J connectivity index is 1.98. The summed E-state index contributed by atoms with van der Waals surface area (Å²) in [5.74, 6) is 0.548. The molecule has 2 aromatic rings. The van der Waals surface area contributed by atoms with Crippen molar-refractivity contribution in [1.29, 1.82) is 0 Å². The average Bonchev–Trinajstić information content (AvgIpc) is 2.56. The molecule has 3 rings (SSSR count). The van der Waals surface area contributed by atoms with Gasteiger partial charge in [-0.15, -0.1) is 0 Å². The van der Waals surface area contributed by atoms with Gasteiger partial charge in [0.25, 0.3) is 0 Å². The molecule has 1 unspecified atom stereocenters. The Labute approximate surface area is 142 Å². The molecule has 1 heterocycles. The van der Waals surface area contributed by atoms with E-state index in [1.807, 2.05) is 31.2 Å². The molecule has 0 fully saturated rings. The Morgan fingerprint density at radius 1 is 1.25 bits per heavy atom. The molecule has 1 atom stereocenters. The van der Waals surface area contributed by atoms with Crippen molar-refractivity contribution in [3.63, 3.8) is 0 Å². The first kappa shape index (κ1) is 16.8. The molecular weight excluding hydrogens is 326 g/mol. The molecule has 0 aromatic heterocycles. The molecule has 0 aliphatic carbocycles. The third-order valence-electron chi connectivity index (χ3n) is 4.40. The van der Waals surface area contributed by atoms with Gasteiger partial charge in [0, 0.05) is 12.1 Å². The van der Waals surface area contributed by atoms with Gasteiger partial charge in [-0.05, 0) is 42.7 Å². The second-order valence-electron chi connectivity index (χ2n) is 5.98. The fourth-order valence-corrected chi connectivity index (χ4v) is 4.73. The lowest BCUT2D eigenvalue weighted by Gasteiger charge is -2.33. The minimum atomic E-state index is -3.53.